The number of aromatic carboxylic acids is 1. The van der Waals surface area contributed by atoms with Gasteiger partial charge in [0.15, 0.2) is 0 Å². The second-order valence-electron chi connectivity index (χ2n) is 4.66. The van der Waals surface area contributed by atoms with E-state index in [1.807, 2.05) is 5.38 Å². The first-order valence-corrected chi connectivity index (χ1v) is 6.96. The minimum absolute atomic E-state index is 0.176. The Kier molecular flexibility index (Phi) is 4.12. The van der Waals surface area contributed by atoms with E-state index in [1.54, 1.807) is 0 Å². The fourth-order valence-corrected chi connectivity index (χ4v) is 3.03. The average molecular weight is 254 g/mol. The van der Waals surface area contributed by atoms with Crippen LogP contribution in [-0.2, 0) is 6.54 Å². The normalized spacial score (nSPS) is 18.4. The first kappa shape index (κ1) is 12.5. The van der Waals surface area contributed by atoms with Crippen molar-refractivity contribution in [3.63, 3.8) is 0 Å². The molecule has 2 N–H and O–H groups in total. The fourth-order valence-electron chi connectivity index (χ4n) is 2.38. The van der Waals surface area contributed by atoms with E-state index in [1.165, 1.54) is 37.0 Å². The van der Waals surface area contributed by atoms with Crippen molar-refractivity contribution in [2.24, 2.45) is 5.92 Å². The van der Waals surface area contributed by atoms with Crippen molar-refractivity contribution in [1.29, 1.82) is 0 Å². The van der Waals surface area contributed by atoms with E-state index in [0.717, 1.165) is 11.6 Å². The first-order chi connectivity index (χ1) is 8.16. The van der Waals surface area contributed by atoms with Gasteiger partial charge in [0.1, 0.15) is 0 Å². The highest BCUT2D eigenvalue weighted by Gasteiger charge is 2.21. The second-order valence-corrected chi connectivity index (χ2v) is 5.52. The van der Waals surface area contributed by atoms with Gasteiger partial charge in [0.05, 0.1) is 5.69 Å². The summed E-state index contributed by atoms with van der Waals surface area (Å²) in [6.45, 7) is 2.88. The third-order valence-electron chi connectivity index (χ3n) is 3.45. The van der Waals surface area contributed by atoms with Crippen LogP contribution in [-0.4, -0.2) is 22.1 Å². The molecule has 0 amide bonds. The van der Waals surface area contributed by atoms with Crippen molar-refractivity contribution >= 4 is 17.3 Å². The van der Waals surface area contributed by atoms with E-state index >= 15 is 0 Å². The molecule has 0 aromatic carbocycles. The molecule has 1 aliphatic carbocycles. The second kappa shape index (κ2) is 5.60. The quantitative estimate of drug-likeness (QED) is 0.847. The number of hydrogen-bond donors (Lipinski definition) is 2. The Morgan fingerprint density at radius 1 is 1.65 bits per heavy atom. The van der Waals surface area contributed by atoms with Crippen molar-refractivity contribution < 1.29 is 9.90 Å². The largest absolute Gasteiger partial charge is 0.476 e. The molecular weight excluding hydrogens is 236 g/mol. The lowest BCUT2D eigenvalue weighted by atomic mass is 10.00. The predicted octanol–water partition coefficient (Wildman–Crippen LogP) is 2.51. The Morgan fingerprint density at radius 2 is 2.35 bits per heavy atom. The Labute approximate surface area is 105 Å². The molecule has 1 aromatic heterocycles. The average Bonchev–Trinajstić information content (AvgIpc) is 2.97. The van der Waals surface area contributed by atoms with Gasteiger partial charge in [-0.05, 0) is 25.7 Å². The lowest BCUT2D eigenvalue weighted by Gasteiger charge is -2.19. The Hall–Kier alpha value is -0.940. The van der Waals surface area contributed by atoms with Crippen LogP contribution in [0.25, 0.3) is 0 Å². The summed E-state index contributed by atoms with van der Waals surface area (Å²) in [6, 6.07) is 0.493. The highest BCUT2D eigenvalue weighted by atomic mass is 32.1. The Morgan fingerprint density at radius 3 is 2.94 bits per heavy atom. The minimum atomic E-state index is -0.940. The molecular formula is C12H18N2O2S. The summed E-state index contributed by atoms with van der Waals surface area (Å²) in [6.07, 6.45) is 5.31. The number of nitrogens with one attached hydrogen (secondary N) is 1. The molecule has 1 heterocycles. The molecule has 17 heavy (non-hydrogen) atoms. The van der Waals surface area contributed by atoms with Crippen molar-refractivity contribution in [2.45, 2.75) is 45.2 Å². The monoisotopic (exact) mass is 254 g/mol. The highest BCUT2D eigenvalue weighted by Crippen LogP contribution is 2.27. The third-order valence-corrected chi connectivity index (χ3v) is 4.33. The third kappa shape index (κ3) is 3.26. The zero-order chi connectivity index (χ0) is 12.3. The zero-order valence-corrected chi connectivity index (χ0v) is 10.8. The maximum atomic E-state index is 10.7. The van der Waals surface area contributed by atoms with Crippen molar-refractivity contribution in [3.05, 3.63) is 16.1 Å². The maximum absolute atomic E-state index is 10.7. The van der Waals surface area contributed by atoms with Gasteiger partial charge in [0.2, 0.25) is 5.01 Å². The number of thiazole rings is 1. The van der Waals surface area contributed by atoms with Crippen LogP contribution in [0.2, 0.25) is 0 Å². The number of carboxylic acid groups (broad SMARTS) is 1. The molecule has 1 saturated carbocycles. The van der Waals surface area contributed by atoms with Gasteiger partial charge in [-0.25, -0.2) is 9.78 Å². The molecule has 5 heteroatoms. The molecule has 0 radical (unpaired) electrons. The van der Waals surface area contributed by atoms with Crippen LogP contribution in [0.4, 0.5) is 0 Å². The summed E-state index contributed by atoms with van der Waals surface area (Å²) < 4.78 is 0. The van der Waals surface area contributed by atoms with Gasteiger partial charge in [0.25, 0.3) is 0 Å². The molecule has 0 bridgehead atoms. The van der Waals surface area contributed by atoms with Gasteiger partial charge < -0.3 is 10.4 Å². The van der Waals surface area contributed by atoms with Crippen LogP contribution in [0.5, 0.6) is 0 Å². The molecule has 0 saturated heterocycles. The number of aromatic nitrogens is 1. The Bertz CT molecular complexity index is 386. The van der Waals surface area contributed by atoms with Crippen molar-refractivity contribution in [1.82, 2.24) is 10.3 Å². The van der Waals surface area contributed by atoms with Gasteiger partial charge >= 0.3 is 5.97 Å². The topological polar surface area (TPSA) is 62.2 Å². The van der Waals surface area contributed by atoms with Crippen LogP contribution >= 0.6 is 11.3 Å². The van der Waals surface area contributed by atoms with Gasteiger partial charge in [-0.15, -0.1) is 11.3 Å². The number of carbonyl (C=O) groups is 1. The molecule has 0 aliphatic heterocycles. The Balaban J connectivity index is 1.82. The summed E-state index contributed by atoms with van der Waals surface area (Å²) in [5.74, 6) is -0.169. The molecule has 1 atom stereocenters. The molecule has 94 valence electrons. The van der Waals surface area contributed by atoms with E-state index in [0.29, 0.717) is 12.6 Å². The van der Waals surface area contributed by atoms with Crippen LogP contribution in [0.1, 0.15) is 48.1 Å². The molecule has 2 rings (SSSR count). The SMILES string of the molecule is C[C@@H](NCc1csc(C(=O)O)n1)C1CCCC1. The van der Waals surface area contributed by atoms with Crippen molar-refractivity contribution in [3.8, 4) is 0 Å². The number of nitrogens with zero attached hydrogens (tertiary/aromatic N) is 1. The highest BCUT2D eigenvalue weighted by molar-refractivity contribution is 7.11. The van der Waals surface area contributed by atoms with E-state index in [2.05, 4.69) is 17.2 Å². The van der Waals surface area contributed by atoms with Crippen LogP contribution in [0, 0.1) is 5.92 Å². The molecule has 1 fully saturated rings. The van der Waals surface area contributed by atoms with E-state index in [-0.39, 0.29) is 5.01 Å². The lowest BCUT2D eigenvalue weighted by Crippen LogP contribution is -2.31. The zero-order valence-electron chi connectivity index (χ0n) is 9.98. The molecule has 0 spiro atoms. The summed E-state index contributed by atoms with van der Waals surface area (Å²) in [7, 11) is 0. The number of rotatable bonds is 5. The van der Waals surface area contributed by atoms with Crippen LogP contribution < -0.4 is 5.32 Å². The summed E-state index contributed by atoms with van der Waals surface area (Å²) in [5.41, 5.74) is 0.831. The summed E-state index contributed by atoms with van der Waals surface area (Å²) in [5, 5.41) is 14.2. The van der Waals surface area contributed by atoms with Crippen molar-refractivity contribution in [2.75, 3.05) is 0 Å². The standard InChI is InChI=1S/C12H18N2O2S/c1-8(9-4-2-3-5-9)13-6-10-7-17-11(14-10)12(15)16/h7-9,13H,2-6H2,1H3,(H,15,16)/t8-/m1/s1. The minimum Gasteiger partial charge on any atom is -0.476 e. The van der Waals surface area contributed by atoms with E-state index in [9.17, 15) is 4.79 Å². The van der Waals surface area contributed by atoms with E-state index in [4.69, 9.17) is 5.11 Å². The predicted molar refractivity (Wildman–Crippen MR) is 67.3 cm³/mol. The van der Waals surface area contributed by atoms with Gasteiger partial charge in [0, 0.05) is 18.0 Å². The number of hydrogen-bond acceptors (Lipinski definition) is 4. The van der Waals surface area contributed by atoms with Crippen LogP contribution in [0.15, 0.2) is 5.38 Å². The van der Waals surface area contributed by atoms with E-state index < -0.39 is 5.97 Å². The first-order valence-electron chi connectivity index (χ1n) is 6.08. The molecule has 1 aromatic rings. The maximum Gasteiger partial charge on any atom is 0.365 e. The van der Waals surface area contributed by atoms with Gasteiger partial charge in [-0.2, -0.15) is 0 Å². The summed E-state index contributed by atoms with van der Waals surface area (Å²) >= 11 is 1.19. The summed E-state index contributed by atoms with van der Waals surface area (Å²) in [4.78, 5) is 14.8. The fraction of sp³-hybridized carbons (Fsp3) is 0.667. The number of carboxylic acids is 1. The van der Waals surface area contributed by atoms with Gasteiger partial charge in [-0.3, -0.25) is 0 Å². The lowest BCUT2D eigenvalue weighted by molar-refractivity contribution is 0.0696. The van der Waals surface area contributed by atoms with Gasteiger partial charge in [-0.1, -0.05) is 12.8 Å². The smallest absolute Gasteiger partial charge is 0.365 e. The molecule has 0 unspecified atom stereocenters. The van der Waals surface area contributed by atoms with Crippen LogP contribution in [0.3, 0.4) is 0 Å². The molecule has 4 nitrogen and oxygen atoms in total. The molecule has 1 aliphatic rings.